The van der Waals surface area contributed by atoms with Gasteiger partial charge in [0, 0.05) is 6.54 Å². The molecule has 1 aromatic carbocycles. The summed E-state index contributed by atoms with van der Waals surface area (Å²) in [5.74, 6) is -0.654. The van der Waals surface area contributed by atoms with Crippen molar-refractivity contribution in [1.29, 1.82) is 0 Å². The van der Waals surface area contributed by atoms with E-state index in [1.54, 1.807) is 6.92 Å². The minimum Gasteiger partial charge on any atom is -0.493 e. The Balaban J connectivity index is 2.21. The van der Waals surface area contributed by atoms with Crippen molar-refractivity contribution in [3.05, 3.63) is 23.8 Å². The molecule has 1 fully saturated rings. The van der Waals surface area contributed by atoms with Crippen molar-refractivity contribution in [3.63, 3.8) is 0 Å². The number of hydrogen-bond acceptors (Lipinski definition) is 4. The number of sulfonamides is 1. The Labute approximate surface area is 124 Å². The molecule has 2 N–H and O–H groups in total. The van der Waals surface area contributed by atoms with Crippen molar-refractivity contribution < 1.29 is 23.1 Å². The largest absolute Gasteiger partial charge is 0.493 e. The van der Waals surface area contributed by atoms with E-state index in [0.717, 1.165) is 25.3 Å². The summed E-state index contributed by atoms with van der Waals surface area (Å²) in [5, 5.41) is 9.15. The van der Waals surface area contributed by atoms with Crippen LogP contribution in [0.25, 0.3) is 0 Å². The van der Waals surface area contributed by atoms with E-state index >= 15 is 0 Å². The van der Waals surface area contributed by atoms with Crippen molar-refractivity contribution in [3.8, 4) is 5.75 Å². The number of aromatic carboxylic acids is 1. The van der Waals surface area contributed by atoms with Crippen molar-refractivity contribution in [2.75, 3.05) is 13.2 Å². The van der Waals surface area contributed by atoms with Crippen LogP contribution in [0.1, 0.15) is 36.5 Å². The van der Waals surface area contributed by atoms with Crippen LogP contribution >= 0.6 is 0 Å². The van der Waals surface area contributed by atoms with Gasteiger partial charge in [0.1, 0.15) is 11.3 Å². The van der Waals surface area contributed by atoms with E-state index < -0.39 is 16.0 Å². The Hall–Kier alpha value is -1.60. The molecular weight excluding hydrogens is 294 g/mol. The third kappa shape index (κ3) is 3.74. The van der Waals surface area contributed by atoms with Crippen LogP contribution < -0.4 is 9.46 Å². The molecule has 0 aliphatic heterocycles. The van der Waals surface area contributed by atoms with Gasteiger partial charge in [0.2, 0.25) is 10.0 Å². The van der Waals surface area contributed by atoms with Crippen molar-refractivity contribution in [2.45, 2.75) is 31.1 Å². The molecule has 0 saturated heterocycles. The van der Waals surface area contributed by atoms with Crippen LogP contribution in [0.5, 0.6) is 5.75 Å². The summed E-state index contributed by atoms with van der Waals surface area (Å²) in [7, 11) is -3.69. The van der Waals surface area contributed by atoms with Gasteiger partial charge in [-0.15, -0.1) is 0 Å². The van der Waals surface area contributed by atoms with Gasteiger partial charge in [0.15, 0.2) is 0 Å². The predicted molar refractivity (Wildman–Crippen MR) is 77.1 cm³/mol. The van der Waals surface area contributed by atoms with Crippen LogP contribution in [-0.2, 0) is 10.0 Å². The third-order valence-corrected chi connectivity index (χ3v) is 5.00. The zero-order valence-corrected chi connectivity index (χ0v) is 12.6. The number of ether oxygens (including phenoxy) is 1. The fourth-order valence-corrected chi connectivity index (χ4v) is 3.27. The van der Waals surface area contributed by atoms with Gasteiger partial charge in [-0.25, -0.2) is 17.9 Å². The number of carbonyl (C=O) groups is 1. The molecule has 0 unspecified atom stereocenters. The standard InChI is InChI=1S/C14H19NO5S/c1-2-20-13-7-6-11(8-12(13)14(16)17)21(18,19)15-9-10-4-3-5-10/h6-8,10,15H,2-5,9H2,1H3,(H,16,17). The molecular formula is C14H19NO5S. The molecule has 6 nitrogen and oxygen atoms in total. The highest BCUT2D eigenvalue weighted by atomic mass is 32.2. The van der Waals surface area contributed by atoms with Gasteiger partial charge in [0.05, 0.1) is 11.5 Å². The summed E-state index contributed by atoms with van der Waals surface area (Å²) in [6.07, 6.45) is 3.21. The Morgan fingerprint density at radius 2 is 2.14 bits per heavy atom. The topological polar surface area (TPSA) is 92.7 Å². The lowest BCUT2D eigenvalue weighted by atomic mass is 9.86. The predicted octanol–water partition coefficient (Wildman–Crippen LogP) is 1.86. The molecule has 1 aliphatic rings. The maximum Gasteiger partial charge on any atom is 0.339 e. The number of carboxylic acids is 1. The van der Waals surface area contributed by atoms with Gasteiger partial charge in [0.25, 0.3) is 0 Å². The van der Waals surface area contributed by atoms with E-state index in [4.69, 9.17) is 9.84 Å². The number of carboxylic acid groups (broad SMARTS) is 1. The molecule has 1 aliphatic carbocycles. The molecule has 2 rings (SSSR count). The molecule has 0 heterocycles. The molecule has 0 radical (unpaired) electrons. The van der Waals surface area contributed by atoms with E-state index in [2.05, 4.69) is 4.72 Å². The lowest BCUT2D eigenvalue weighted by Gasteiger charge is -2.25. The van der Waals surface area contributed by atoms with E-state index in [0.29, 0.717) is 19.1 Å². The average molecular weight is 313 g/mol. The minimum atomic E-state index is -3.69. The highest BCUT2D eigenvalue weighted by molar-refractivity contribution is 7.89. The number of rotatable bonds is 7. The van der Waals surface area contributed by atoms with Crippen molar-refractivity contribution in [1.82, 2.24) is 4.72 Å². The summed E-state index contributed by atoms with van der Waals surface area (Å²) in [6.45, 7) is 2.45. The first-order chi connectivity index (χ1) is 9.94. The van der Waals surface area contributed by atoms with Crippen LogP contribution in [0.15, 0.2) is 23.1 Å². The molecule has 116 valence electrons. The normalized spacial score (nSPS) is 15.5. The molecule has 0 atom stereocenters. The summed E-state index contributed by atoms with van der Waals surface area (Å²) < 4.78 is 32.1. The second kappa shape index (κ2) is 6.44. The Morgan fingerprint density at radius 1 is 1.43 bits per heavy atom. The number of nitrogens with one attached hydrogen (secondary N) is 1. The molecule has 21 heavy (non-hydrogen) atoms. The molecule has 1 saturated carbocycles. The number of benzene rings is 1. The fraction of sp³-hybridized carbons (Fsp3) is 0.500. The molecule has 7 heteroatoms. The lowest BCUT2D eigenvalue weighted by molar-refractivity contribution is 0.0692. The minimum absolute atomic E-state index is 0.0531. The van der Waals surface area contributed by atoms with E-state index in [-0.39, 0.29) is 16.2 Å². The molecule has 1 aromatic rings. The maximum absolute atomic E-state index is 12.2. The van der Waals surface area contributed by atoms with Gasteiger partial charge >= 0.3 is 5.97 Å². The van der Waals surface area contributed by atoms with Gasteiger partial charge in [-0.05, 0) is 43.9 Å². The van der Waals surface area contributed by atoms with Crippen LogP contribution in [0.3, 0.4) is 0 Å². The highest BCUT2D eigenvalue weighted by Crippen LogP contribution is 2.26. The van der Waals surface area contributed by atoms with Gasteiger partial charge in [-0.2, -0.15) is 0 Å². The molecule has 0 spiro atoms. The highest BCUT2D eigenvalue weighted by Gasteiger charge is 2.23. The first-order valence-electron chi connectivity index (χ1n) is 6.94. The first kappa shape index (κ1) is 15.8. The molecule has 0 bridgehead atoms. The maximum atomic E-state index is 12.2. The molecule has 0 aromatic heterocycles. The van der Waals surface area contributed by atoms with Gasteiger partial charge in [-0.1, -0.05) is 6.42 Å². The van der Waals surface area contributed by atoms with Crippen LogP contribution in [0.4, 0.5) is 0 Å². The fourth-order valence-electron chi connectivity index (χ4n) is 2.13. The van der Waals surface area contributed by atoms with Crippen LogP contribution in [0.2, 0.25) is 0 Å². The smallest absolute Gasteiger partial charge is 0.339 e. The quantitative estimate of drug-likeness (QED) is 0.801. The SMILES string of the molecule is CCOc1ccc(S(=O)(=O)NCC2CCC2)cc1C(=O)O. The summed E-state index contributed by atoms with van der Waals surface area (Å²) >= 11 is 0. The summed E-state index contributed by atoms with van der Waals surface area (Å²) in [4.78, 5) is 11.1. The summed E-state index contributed by atoms with van der Waals surface area (Å²) in [5.41, 5.74) is -0.150. The van der Waals surface area contributed by atoms with Gasteiger partial charge in [-0.3, -0.25) is 0 Å². The third-order valence-electron chi connectivity index (χ3n) is 3.58. The Kier molecular flexibility index (Phi) is 4.84. The lowest BCUT2D eigenvalue weighted by Crippen LogP contribution is -2.32. The second-order valence-electron chi connectivity index (χ2n) is 5.04. The Bertz CT molecular complexity index is 622. The van der Waals surface area contributed by atoms with E-state index in [1.807, 2.05) is 0 Å². The average Bonchev–Trinajstić information content (AvgIpc) is 2.37. The monoisotopic (exact) mass is 313 g/mol. The first-order valence-corrected chi connectivity index (χ1v) is 8.42. The van der Waals surface area contributed by atoms with Gasteiger partial charge < -0.3 is 9.84 Å². The van der Waals surface area contributed by atoms with E-state index in [9.17, 15) is 13.2 Å². The zero-order chi connectivity index (χ0) is 15.5. The Morgan fingerprint density at radius 3 is 2.67 bits per heavy atom. The molecule has 0 amide bonds. The van der Waals surface area contributed by atoms with Crippen LogP contribution in [-0.4, -0.2) is 32.6 Å². The van der Waals surface area contributed by atoms with E-state index in [1.165, 1.54) is 12.1 Å². The number of hydrogen-bond donors (Lipinski definition) is 2. The second-order valence-corrected chi connectivity index (χ2v) is 6.81. The van der Waals surface area contributed by atoms with Crippen molar-refractivity contribution in [2.24, 2.45) is 5.92 Å². The van der Waals surface area contributed by atoms with Crippen LogP contribution in [0, 0.1) is 5.92 Å². The van der Waals surface area contributed by atoms with Crippen molar-refractivity contribution >= 4 is 16.0 Å². The summed E-state index contributed by atoms with van der Waals surface area (Å²) in [6, 6.07) is 3.88. The zero-order valence-electron chi connectivity index (χ0n) is 11.8.